The van der Waals surface area contributed by atoms with Crippen molar-refractivity contribution in [1.29, 1.82) is 0 Å². The largest absolute Gasteiger partial charge is 0.481 e. The summed E-state index contributed by atoms with van der Waals surface area (Å²) in [6, 6.07) is 7.29. The number of amides is 1. The van der Waals surface area contributed by atoms with Crippen molar-refractivity contribution in [3.63, 3.8) is 0 Å². The Morgan fingerprint density at radius 1 is 1.50 bits per heavy atom. The van der Waals surface area contributed by atoms with Gasteiger partial charge in [0.1, 0.15) is 0 Å². The van der Waals surface area contributed by atoms with Crippen molar-refractivity contribution in [2.45, 2.75) is 25.3 Å². The SMILES string of the molecule is CN1C(=O)CCN1c1cccc(C(N)CCC(=O)O)c1. The molecule has 1 atom stereocenters. The lowest BCUT2D eigenvalue weighted by atomic mass is 10.0. The fraction of sp³-hybridized carbons (Fsp3) is 0.429. The Labute approximate surface area is 117 Å². The van der Waals surface area contributed by atoms with Crippen LogP contribution in [0.4, 0.5) is 5.69 Å². The van der Waals surface area contributed by atoms with E-state index in [1.807, 2.05) is 29.3 Å². The molecule has 1 heterocycles. The number of carbonyl (C=O) groups is 2. The van der Waals surface area contributed by atoms with Gasteiger partial charge in [-0.1, -0.05) is 12.1 Å². The standard InChI is InChI=1S/C14H19N3O3/c1-16-13(18)7-8-17(16)11-4-2-3-10(9-11)12(15)5-6-14(19)20/h2-4,9,12H,5-8,15H2,1H3,(H,19,20). The summed E-state index contributed by atoms with van der Waals surface area (Å²) in [5, 5.41) is 12.2. The van der Waals surface area contributed by atoms with Crippen LogP contribution in [0.15, 0.2) is 24.3 Å². The smallest absolute Gasteiger partial charge is 0.303 e. The number of hydrazine groups is 1. The second kappa shape index (κ2) is 5.92. The predicted octanol–water partition coefficient (Wildman–Crippen LogP) is 1.13. The molecule has 0 aliphatic carbocycles. The van der Waals surface area contributed by atoms with Gasteiger partial charge in [-0.3, -0.25) is 19.6 Å². The Bertz CT molecular complexity index is 518. The van der Waals surface area contributed by atoms with E-state index >= 15 is 0 Å². The van der Waals surface area contributed by atoms with E-state index in [2.05, 4.69) is 0 Å². The van der Waals surface area contributed by atoms with Crippen LogP contribution in [0.5, 0.6) is 0 Å². The van der Waals surface area contributed by atoms with Crippen molar-refractivity contribution in [1.82, 2.24) is 5.01 Å². The minimum absolute atomic E-state index is 0.0491. The van der Waals surface area contributed by atoms with Crippen molar-refractivity contribution >= 4 is 17.6 Å². The van der Waals surface area contributed by atoms with Gasteiger partial charge in [-0.05, 0) is 24.1 Å². The van der Waals surface area contributed by atoms with E-state index in [0.29, 0.717) is 19.4 Å². The topological polar surface area (TPSA) is 86.9 Å². The van der Waals surface area contributed by atoms with Crippen molar-refractivity contribution < 1.29 is 14.7 Å². The lowest BCUT2D eigenvalue weighted by molar-refractivity contribution is -0.137. The average molecular weight is 277 g/mol. The van der Waals surface area contributed by atoms with E-state index in [0.717, 1.165) is 11.3 Å². The van der Waals surface area contributed by atoms with Gasteiger partial charge < -0.3 is 10.8 Å². The van der Waals surface area contributed by atoms with Gasteiger partial charge in [0.25, 0.3) is 0 Å². The zero-order chi connectivity index (χ0) is 14.7. The summed E-state index contributed by atoms with van der Waals surface area (Å²) < 4.78 is 0. The lowest BCUT2D eigenvalue weighted by Gasteiger charge is -2.27. The van der Waals surface area contributed by atoms with Gasteiger partial charge in [-0.15, -0.1) is 0 Å². The summed E-state index contributed by atoms with van der Waals surface area (Å²) in [6.45, 7) is 0.656. The molecule has 0 bridgehead atoms. The first-order valence-electron chi connectivity index (χ1n) is 6.60. The molecule has 3 N–H and O–H groups in total. The highest BCUT2D eigenvalue weighted by molar-refractivity contribution is 5.81. The van der Waals surface area contributed by atoms with E-state index in [-0.39, 0.29) is 18.4 Å². The lowest BCUT2D eigenvalue weighted by Crippen LogP contribution is -2.35. The summed E-state index contributed by atoms with van der Waals surface area (Å²) in [6.07, 6.45) is 0.951. The number of carboxylic acid groups (broad SMARTS) is 1. The second-order valence-electron chi connectivity index (χ2n) is 4.92. The van der Waals surface area contributed by atoms with Crippen molar-refractivity contribution in [2.24, 2.45) is 5.73 Å². The molecule has 1 saturated heterocycles. The number of hydrogen-bond donors (Lipinski definition) is 2. The Kier molecular flexibility index (Phi) is 4.24. The summed E-state index contributed by atoms with van der Waals surface area (Å²) in [5.41, 5.74) is 7.80. The Hall–Kier alpha value is -2.08. The normalized spacial score (nSPS) is 16.6. The highest BCUT2D eigenvalue weighted by Crippen LogP contribution is 2.25. The quantitative estimate of drug-likeness (QED) is 0.842. The van der Waals surface area contributed by atoms with Crippen LogP contribution >= 0.6 is 0 Å². The molecule has 1 fully saturated rings. The molecular weight excluding hydrogens is 258 g/mol. The Morgan fingerprint density at radius 2 is 2.25 bits per heavy atom. The monoisotopic (exact) mass is 277 g/mol. The van der Waals surface area contributed by atoms with Crippen LogP contribution in [-0.4, -0.2) is 35.6 Å². The zero-order valence-electron chi connectivity index (χ0n) is 11.5. The first-order valence-corrected chi connectivity index (χ1v) is 6.60. The minimum atomic E-state index is -0.846. The number of hydrogen-bond acceptors (Lipinski definition) is 4. The summed E-state index contributed by atoms with van der Waals surface area (Å²) >= 11 is 0. The van der Waals surface area contributed by atoms with Gasteiger partial charge >= 0.3 is 5.97 Å². The number of carbonyl (C=O) groups excluding carboxylic acids is 1. The fourth-order valence-corrected chi connectivity index (χ4v) is 2.31. The molecule has 6 nitrogen and oxygen atoms in total. The highest BCUT2D eigenvalue weighted by Gasteiger charge is 2.25. The molecule has 6 heteroatoms. The number of aliphatic carboxylic acids is 1. The van der Waals surface area contributed by atoms with E-state index in [9.17, 15) is 9.59 Å². The number of benzene rings is 1. The molecule has 0 saturated carbocycles. The maximum Gasteiger partial charge on any atom is 0.303 e. The number of carboxylic acids is 1. The first kappa shape index (κ1) is 14.3. The van der Waals surface area contributed by atoms with Crippen molar-refractivity contribution in [3.05, 3.63) is 29.8 Å². The van der Waals surface area contributed by atoms with Gasteiger partial charge in [-0.25, -0.2) is 0 Å². The van der Waals surface area contributed by atoms with Crippen LogP contribution in [-0.2, 0) is 9.59 Å². The number of nitrogens with two attached hydrogens (primary N) is 1. The fourth-order valence-electron chi connectivity index (χ4n) is 2.31. The molecule has 1 unspecified atom stereocenters. The molecule has 108 valence electrons. The van der Waals surface area contributed by atoms with Crippen LogP contribution in [0.3, 0.4) is 0 Å². The molecule has 2 rings (SSSR count). The molecule has 1 aromatic carbocycles. The maximum absolute atomic E-state index is 11.5. The molecule has 0 spiro atoms. The van der Waals surface area contributed by atoms with Crippen molar-refractivity contribution in [2.75, 3.05) is 18.6 Å². The van der Waals surface area contributed by atoms with Gasteiger partial charge in [0.2, 0.25) is 5.91 Å². The van der Waals surface area contributed by atoms with Gasteiger partial charge in [-0.2, -0.15) is 0 Å². The minimum Gasteiger partial charge on any atom is -0.481 e. The molecule has 20 heavy (non-hydrogen) atoms. The van der Waals surface area contributed by atoms with Gasteiger partial charge in [0.15, 0.2) is 0 Å². The van der Waals surface area contributed by atoms with Gasteiger partial charge in [0.05, 0.1) is 5.69 Å². The van der Waals surface area contributed by atoms with Gasteiger partial charge in [0, 0.05) is 32.5 Å². The molecule has 1 aromatic rings. The van der Waals surface area contributed by atoms with Crippen LogP contribution in [0.25, 0.3) is 0 Å². The molecule has 1 amide bonds. The number of nitrogens with zero attached hydrogens (tertiary/aromatic N) is 2. The summed E-state index contributed by atoms with van der Waals surface area (Å²) in [5.74, 6) is -0.757. The number of rotatable bonds is 5. The Balaban J connectivity index is 2.11. The van der Waals surface area contributed by atoms with E-state index in [1.54, 1.807) is 12.1 Å². The van der Waals surface area contributed by atoms with E-state index < -0.39 is 5.97 Å². The zero-order valence-corrected chi connectivity index (χ0v) is 11.5. The second-order valence-corrected chi connectivity index (χ2v) is 4.92. The van der Waals surface area contributed by atoms with Crippen LogP contribution < -0.4 is 10.7 Å². The Morgan fingerprint density at radius 3 is 2.85 bits per heavy atom. The van der Waals surface area contributed by atoms with Crippen LogP contribution in [0.1, 0.15) is 30.9 Å². The third-order valence-electron chi connectivity index (χ3n) is 3.53. The van der Waals surface area contributed by atoms with Crippen LogP contribution in [0, 0.1) is 0 Å². The van der Waals surface area contributed by atoms with E-state index in [1.165, 1.54) is 0 Å². The predicted molar refractivity (Wildman–Crippen MR) is 75.0 cm³/mol. The molecule has 0 aromatic heterocycles. The molecular formula is C14H19N3O3. The third kappa shape index (κ3) is 3.08. The summed E-state index contributed by atoms with van der Waals surface area (Å²) in [4.78, 5) is 22.1. The molecule has 1 aliphatic heterocycles. The third-order valence-corrected chi connectivity index (χ3v) is 3.53. The first-order chi connectivity index (χ1) is 9.49. The maximum atomic E-state index is 11.5. The number of anilines is 1. The average Bonchev–Trinajstić information content (AvgIpc) is 2.76. The van der Waals surface area contributed by atoms with Crippen molar-refractivity contribution in [3.8, 4) is 0 Å². The van der Waals surface area contributed by atoms with Crippen LogP contribution in [0.2, 0.25) is 0 Å². The summed E-state index contributed by atoms with van der Waals surface area (Å²) in [7, 11) is 1.74. The van der Waals surface area contributed by atoms with E-state index in [4.69, 9.17) is 10.8 Å². The highest BCUT2D eigenvalue weighted by atomic mass is 16.4. The molecule has 0 radical (unpaired) electrons. The molecule has 1 aliphatic rings.